The van der Waals surface area contributed by atoms with Gasteiger partial charge in [0.1, 0.15) is 0 Å². The molecule has 1 amide bonds. The van der Waals surface area contributed by atoms with Crippen LogP contribution in [0.3, 0.4) is 0 Å². The van der Waals surface area contributed by atoms with Crippen molar-refractivity contribution in [3.63, 3.8) is 0 Å². The number of nitrogens with zero attached hydrogens (tertiary/aromatic N) is 4. The molecule has 2 aromatic heterocycles. The molecule has 2 N–H and O–H groups in total. The van der Waals surface area contributed by atoms with Gasteiger partial charge >= 0.3 is 0 Å². The van der Waals surface area contributed by atoms with Gasteiger partial charge in [0, 0.05) is 62.9 Å². The predicted octanol–water partition coefficient (Wildman–Crippen LogP) is 3.84. The van der Waals surface area contributed by atoms with Gasteiger partial charge in [-0.15, -0.1) is 5.10 Å². The van der Waals surface area contributed by atoms with Gasteiger partial charge in [-0.2, -0.15) is 0 Å². The van der Waals surface area contributed by atoms with E-state index in [1.54, 1.807) is 14.0 Å². The van der Waals surface area contributed by atoms with E-state index in [9.17, 15) is 4.79 Å². The number of hydrogen-bond donors (Lipinski definition) is 2. The number of hydrogen-bond acceptors (Lipinski definition) is 7. The summed E-state index contributed by atoms with van der Waals surface area (Å²) in [7, 11) is 1.70. The Balaban J connectivity index is 1.42. The number of fused-ring (bicyclic) bond motifs is 1. The van der Waals surface area contributed by atoms with Crippen molar-refractivity contribution in [3.8, 4) is 11.1 Å². The average molecular weight is 521 g/mol. The fourth-order valence-corrected chi connectivity index (χ4v) is 5.74. The molecule has 1 atom stereocenters. The van der Waals surface area contributed by atoms with E-state index in [2.05, 4.69) is 62.3 Å². The van der Waals surface area contributed by atoms with Crippen LogP contribution < -0.4 is 10.6 Å². The van der Waals surface area contributed by atoms with Crippen molar-refractivity contribution >= 4 is 17.4 Å². The Bertz CT molecular complexity index is 1210. The summed E-state index contributed by atoms with van der Waals surface area (Å²) in [6.45, 7) is 8.76. The first-order valence-electron chi connectivity index (χ1n) is 13.8. The number of benzene rings is 1. The minimum atomic E-state index is 0.0505. The van der Waals surface area contributed by atoms with Crippen LogP contribution in [0.2, 0.25) is 0 Å². The summed E-state index contributed by atoms with van der Waals surface area (Å²) < 4.78 is 12.8. The number of anilines is 1. The Morgan fingerprint density at radius 1 is 1.16 bits per heavy atom. The third kappa shape index (κ3) is 6.34. The van der Waals surface area contributed by atoms with Gasteiger partial charge in [0.25, 0.3) is 0 Å². The number of ether oxygens (including phenoxy) is 2. The number of rotatable bonds is 9. The van der Waals surface area contributed by atoms with E-state index < -0.39 is 0 Å². The molecular weight excluding hydrogens is 480 g/mol. The molecule has 0 bridgehead atoms. The van der Waals surface area contributed by atoms with Gasteiger partial charge in [0.05, 0.1) is 31.5 Å². The van der Waals surface area contributed by atoms with E-state index in [-0.39, 0.29) is 18.0 Å². The lowest BCUT2D eigenvalue weighted by molar-refractivity contribution is -0.119. The zero-order valence-electron chi connectivity index (χ0n) is 22.8. The van der Waals surface area contributed by atoms with E-state index in [0.29, 0.717) is 18.5 Å². The summed E-state index contributed by atoms with van der Waals surface area (Å²) in [6.07, 6.45) is 5.91. The van der Waals surface area contributed by atoms with Crippen molar-refractivity contribution in [2.24, 2.45) is 0 Å². The third-order valence-corrected chi connectivity index (χ3v) is 7.66. The predicted molar refractivity (Wildman–Crippen MR) is 148 cm³/mol. The maximum absolute atomic E-state index is 11.5. The van der Waals surface area contributed by atoms with Crippen molar-refractivity contribution < 1.29 is 14.3 Å². The molecular formula is C29H40N6O3. The van der Waals surface area contributed by atoms with Crippen LogP contribution in [0.4, 0.5) is 5.95 Å². The molecule has 38 heavy (non-hydrogen) atoms. The minimum Gasteiger partial charge on any atom is -0.383 e. The second-order valence-corrected chi connectivity index (χ2v) is 10.7. The third-order valence-electron chi connectivity index (χ3n) is 7.66. The molecule has 9 nitrogen and oxygen atoms in total. The Morgan fingerprint density at radius 3 is 2.58 bits per heavy atom. The molecule has 1 saturated carbocycles. The van der Waals surface area contributed by atoms with Gasteiger partial charge in [-0.25, -0.2) is 9.50 Å². The van der Waals surface area contributed by atoms with Crippen LogP contribution in [0.25, 0.3) is 16.6 Å². The van der Waals surface area contributed by atoms with Gasteiger partial charge in [-0.3, -0.25) is 9.69 Å². The van der Waals surface area contributed by atoms with Crippen molar-refractivity contribution in [3.05, 3.63) is 47.8 Å². The summed E-state index contributed by atoms with van der Waals surface area (Å²) in [4.78, 5) is 18.6. The van der Waals surface area contributed by atoms with Crippen molar-refractivity contribution in [2.45, 2.75) is 64.1 Å². The van der Waals surface area contributed by atoms with Gasteiger partial charge in [0.2, 0.25) is 11.9 Å². The van der Waals surface area contributed by atoms with E-state index >= 15 is 0 Å². The number of amides is 1. The maximum Gasteiger partial charge on any atom is 0.241 e. The van der Waals surface area contributed by atoms with E-state index in [1.165, 1.54) is 16.8 Å². The van der Waals surface area contributed by atoms with Crippen LogP contribution >= 0.6 is 0 Å². The maximum atomic E-state index is 11.5. The number of methoxy groups -OCH3 is 1. The number of nitrogens with one attached hydrogen (secondary N) is 2. The highest BCUT2D eigenvalue weighted by Gasteiger charge is 2.27. The molecule has 1 aromatic carbocycles. The highest BCUT2D eigenvalue weighted by molar-refractivity contribution is 5.81. The fraction of sp³-hybridized carbons (Fsp3) is 0.552. The monoisotopic (exact) mass is 520 g/mol. The average Bonchev–Trinajstić information content (AvgIpc) is 3.29. The largest absolute Gasteiger partial charge is 0.383 e. The van der Waals surface area contributed by atoms with Gasteiger partial charge in [-0.05, 0) is 49.8 Å². The minimum absolute atomic E-state index is 0.0505. The van der Waals surface area contributed by atoms with E-state index in [1.807, 2.05) is 6.20 Å². The van der Waals surface area contributed by atoms with Crippen molar-refractivity contribution in [1.29, 1.82) is 0 Å². The first-order valence-corrected chi connectivity index (χ1v) is 13.8. The van der Waals surface area contributed by atoms with Crippen molar-refractivity contribution in [2.75, 3.05) is 45.3 Å². The zero-order chi connectivity index (χ0) is 26.5. The Labute approximate surface area is 224 Å². The Morgan fingerprint density at radius 2 is 1.89 bits per heavy atom. The van der Waals surface area contributed by atoms with Gasteiger partial charge in [-0.1, -0.05) is 24.3 Å². The molecule has 3 heterocycles. The fourth-order valence-electron chi connectivity index (χ4n) is 5.74. The smallest absolute Gasteiger partial charge is 0.241 e. The lowest BCUT2D eigenvalue weighted by atomic mass is 9.84. The Hall–Kier alpha value is -3.01. The molecule has 3 aromatic rings. The second-order valence-electron chi connectivity index (χ2n) is 10.7. The van der Waals surface area contributed by atoms with Crippen LogP contribution in [0, 0.1) is 0 Å². The first kappa shape index (κ1) is 26.6. The number of carbonyl (C=O) groups excluding carboxylic acids is 1. The summed E-state index contributed by atoms with van der Waals surface area (Å²) in [5, 5.41) is 11.4. The molecule has 1 saturated heterocycles. The first-order chi connectivity index (χ1) is 18.5. The van der Waals surface area contributed by atoms with E-state index in [0.717, 1.165) is 69.6 Å². The molecule has 1 aliphatic carbocycles. The zero-order valence-corrected chi connectivity index (χ0v) is 22.8. The van der Waals surface area contributed by atoms with Crippen LogP contribution in [0.1, 0.15) is 56.7 Å². The highest BCUT2D eigenvalue weighted by atomic mass is 16.5. The summed E-state index contributed by atoms with van der Waals surface area (Å²) >= 11 is 0. The Kier molecular flexibility index (Phi) is 8.56. The summed E-state index contributed by atoms with van der Waals surface area (Å²) in [5.74, 6) is 1.02. The molecule has 5 rings (SSSR count). The molecule has 204 valence electrons. The number of carbonyl (C=O) groups is 1. The second kappa shape index (κ2) is 12.2. The van der Waals surface area contributed by atoms with Crippen LogP contribution in [-0.2, 0) is 20.8 Å². The molecule has 9 heteroatoms. The topological polar surface area (TPSA) is 93.0 Å². The summed E-state index contributed by atoms with van der Waals surface area (Å²) in [5.41, 5.74) is 5.85. The quantitative estimate of drug-likeness (QED) is 0.443. The highest BCUT2D eigenvalue weighted by Crippen LogP contribution is 2.37. The van der Waals surface area contributed by atoms with E-state index in [4.69, 9.17) is 14.6 Å². The molecule has 0 unspecified atom stereocenters. The number of aromatic nitrogens is 3. The van der Waals surface area contributed by atoms with Crippen LogP contribution in [0.15, 0.2) is 36.5 Å². The summed E-state index contributed by atoms with van der Waals surface area (Å²) in [6, 6.07) is 11.6. The lowest BCUT2D eigenvalue weighted by Crippen LogP contribution is -2.36. The van der Waals surface area contributed by atoms with Gasteiger partial charge < -0.3 is 20.1 Å². The normalized spacial score (nSPS) is 21.3. The number of morpholine rings is 1. The molecule has 2 aliphatic rings. The molecule has 0 radical (unpaired) electrons. The SMILES string of the molecule is COC[C@H](C)Nc1ncc2c(-c3ccc(CN4CCOCC4)cc3)cc([C@H]3CC[C@H](NC(C)=O)CC3)n2n1. The van der Waals surface area contributed by atoms with Crippen LogP contribution in [-0.4, -0.2) is 77.5 Å². The molecule has 2 fully saturated rings. The molecule has 1 aliphatic heterocycles. The standard InChI is InChI=1S/C29H40N6O3/c1-20(19-37-3)31-29-30-17-28-26(23-6-4-22(5-7-23)18-34-12-14-38-15-13-34)16-27(35(28)33-29)24-8-10-25(11-9-24)32-21(2)36/h4-7,16-17,20,24-25H,8-15,18-19H2,1-3H3,(H,31,33)(H,32,36)/t20-,24-,25-/m0/s1. The lowest BCUT2D eigenvalue weighted by Gasteiger charge is -2.28. The van der Waals surface area contributed by atoms with Crippen LogP contribution in [0.5, 0.6) is 0 Å². The molecule has 0 spiro atoms. The van der Waals surface area contributed by atoms with Gasteiger partial charge in [0.15, 0.2) is 0 Å². The van der Waals surface area contributed by atoms with Crippen molar-refractivity contribution in [1.82, 2.24) is 24.8 Å².